The van der Waals surface area contributed by atoms with E-state index in [1.165, 1.54) is 18.2 Å². The van der Waals surface area contributed by atoms with Gasteiger partial charge >= 0.3 is 0 Å². The highest BCUT2D eigenvalue weighted by Gasteiger charge is 2.18. The van der Waals surface area contributed by atoms with Crippen LogP contribution in [0.2, 0.25) is 0 Å². The Morgan fingerprint density at radius 1 is 1.29 bits per heavy atom. The highest BCUT2D eigenvalue weighted by atomic mass is 32.2. The summed E-state index contributed by atoms with van der Waals surface area (Å²) in [6, 6.07) is 6.09. The zero-order chi connectivity index (χ0) is 15.7. The van der Waals surface area contributed by atoms with Crippen LogP contribution < -0.4 is 10.5 Å². The maximum atomic E-state index is 12.2. The van der Waals surface area contributed by atoms with Crippen molar-refractivity contribution in [1.82, 2.24) is 4.72 Å². The molecule has 0 atom stereocenters. The maximum absolute atomic E-state index is 12.2. The van der Waals surface area contributed by atoms with Gasteiger partial charge in [0, 0.05) is 12.2 Å². The van der Waals surface area contributed by atoms with Gasteiger partial charge in [0.1, 0.15) is 6.07 Å². The van der Waals surface area contributed by atoms with Gasteiger partial charge in [-0.15, -0.1) is 0 Å². The number of anilines is 1. The number of thioether (sulfide) groups is 1. The number of rotatable bonds is 9. The molecule has 7 heteroatoms. The van der Waals surface area contributed by atoms with Gasteiger partial charge in [0.05, 0.1) is 10.5 Å². The molecule has 1 aromatic carbocycles. The fourth-order valence-electron chi connectivity index (χ4n) is 1.88. The van der Waals surface area contributed by atoms with Crippen molar-refractivity contribution in [3.8, 4) is 6.07 Å². The molecule has 1 aromatic rings. The standard InChI is InChI=1S/C14H21N3O2S2/c1-20-9-5-3-2-4-8-17-21(18,19)14-7-6-13(16)10-12(14)11-15/h6-7,10,17H,2-5,8-9,16H2,1H3. The summed E-state index contributed by atoms with van der Waals surface area (Å²) in [6.45, 7) is 0.386. The van der Waals surface area contributed by atoms with Gasteiger partial charge in [-0.2, -0.15) is 17.0 Å². The van der Waals surface area contributed by atoms with Crippen molar-refractivity contribution in [2.24, 2.45) is 0 Å². The van der Waals surface area contributed by atoms with Gasteiger partial charge in [0.2, 0.25) is 10.0 Å². The van der Waals surface area contributed by atoms with Crippen molar-refractivity contribution in [2.75, 3.05) is 24.3 Å². The molecule has 0 saturated heterocycles. The Balaban J connectivity index is 2.53. The molecule has 0 spiro atoms. The third-order valence-electron chi connectivity index (χ3n) is 2.98. The van der Waals surface area contributed by atoms with E-state index in [4.69, 9.17) is 11.0 Å². The molecule has 1 rings (SSSR count). The summed E-state index contributed by atoms with van der Waals surface area (Å²) in [5.74, 6) is 1.14. The number of nitrogens with one attached hydrogen (secondary N) is 1. The van der Waals surface area contributed by atoms with E-state index in [1.807, 2.05) is 17.8 Å². The van der Waals surface area contributed by atoms with Crippen LogP contribution in [0.5, 0.6) is 0 Å². The van der Waals surface area contributed by atoms with Crippen LogP contribution in [0.3, 0.4) is 0 Å². The second kappa shape index (κ2) is 8.93. The number of nitrogens with zero attached hydrogens (tertiary/aromatic N) is 1. The third-order valence-corrected chi connectivity index (χ3v) is 5.20. The normalized spacial score (nSPS) is 11.2. The Labute approximate surface area is 131 Å². The molecule has 0 radical (unpaired) electrons. The number of hydrogen-bond acceptors (Lipinski definition) is 5. The summed E-state index contributed by atoms with van der Waals surface area (Å²) in [4.78, 5) is -0.0124. The first-order valence-electron chi connectivity index (χ1n) is 6.79. The first kappa shape index (κ1) is 17.8. The molecule has 0 aliphatic heterocycles. The molecule has 0 bridgehead atoms. The number of sulfonamides is 1. The van der Waals surface area contributed by atoms with Crippen LogP contribution in [0.25, 0.3) is 0 Å². The zero-order valence-electron chi connectivity index (χ0n) is 12.1. The highest BCUT2D eigenvalue weighted by molar-refractivity contribution is 7.98. The topological polar surface area (TPSA) is 96.0 Å². The predicted octanol–water partition coefficient (Wildman–Crippen LogP) is 2.34. The third kappa shape index (κ3) is 5.96. The van der Waals surface area contributed by atoms with Crippen molar-refractivity contribution in [3.05, 3.63) is 23.8 Å². The van der Waals surface area contributed by atoms with Gasteiger partial charge in [-0.1, -0.05) is 12.8 Å². The maximum Gasteiger partial charge on any atom is 0.241 e. The monoisotopic (exact) mass is 327 g/mol. The first-order valence-corrected chi connectivity index (χ1v) is 9.67. The Bertz CT molecular complexity index is 595. The van der Waals surface area contributed by atoms with Gasteiger partial charge < -0.3 is 5.73 Å². The lowest BCUT2D eigenvalue weighted by molar-refractivity contribution is 0.573. The SMILES string of the molecule is CSCCCCCCNS(=O)(=O)c1ccc(N)cc1C#N. The number of hydrogen-bond donors (Lipinski definition) is 2. The number of unbranched alkanes of at least 4 members (excludes halogenated alkanes) is 3. The summed E-state index contributed by atoms with van der Waals surface area (Å²) < 4.78 is 26.8. The van der Waals surface area contributed by atoms with Crippen LogP contribution in [-0.2, 0) is 10.0 Å². The lowest BCUT2D eigenvalue weighted by Gasteiger charge is -2.08. The van der Waals surface area contributed by atoms with Gasteiger partial charge in [0.15, 0.2) is 0 Å². The van der Waals surface area contributed by atoms with E-state index in [0.717, 1.165) is 31.4 Å². The molecule has 0 aliphatic carbocycles. The smallest absolute Gasteiger partial charge is 0.241 e. The summed E-state index contributed by atoms with van der Waals surface area (Å²) in [5.41, 5.74) is 6.00. The van der Waals surface area contributed by atoms with Crippen LogP contribution in [0, 0.1) is 11.3 Å². The molecule has 0 fully saturated rings. The Morgan fingerprint density at radius 2 is 2.00 bits per heavy atom. The van der Waals surface area contributed by atoms with Crippen molar-refractivity contribution in [1.29, 1.82) is 5.26 Å². The van der Waals surface area contributed by atoms with Crippen molar-refractivity contribution in [3.63, 3.8) is 0 Å². The van der Waals surface area contributed by atoms with Crippen LogP contribution in [-0.4, -0.2) is 27.0 Å². The van der Waals surface area contributed by atoms with Crippen LogP contribution in [0.1, 0.15) is 31.2 Å². The highest BCUT2D eigenvalue weighted by Crippen LogP contribution is 2.18. The summed E-state index contributed by atoms with van der Waals surface area (Å²) >= 11 is 1.82. The number of benzene rings is 1. The van der Waals surface area contributed by atoms with Crippen molar-refractivity contribution >= 4 is 27.5 Å². The lowest BCUT2D eigenvalue weighted by atomic mass is 10.2. The van der Waals surface area contributed by atoms with Crippen LogP contribution >= 0.6 is 11.8 Å². The number of nitriles is 1. The minimum Gasteiger partial charge on any atom is -0.399 e. The molecule has 21 heavy (non-hydrogen) atoms. The Kier molecular flexibility index (Phi) is 7.57. The van der Waals surface area contributed by atoms with Gasteiger partial charge in [0.25, 0.3) is 0 Å². The van der Waals surface area contributed by atoms with E-state index >= 15 is 0 Å². The van der Waals surface area contributed by atoms with E-state index in [-0.39, 0.29) is 10.5 Å². The summed E-state index contributed by atoms with van der Waals surface area (Å²) in [5, 5.41) is 9.00. The van der Waals surface area contributed by atoms with E-state index in [9.17, 15) is 8.42 Å². The quantitative estimate of drug-likeness (QED) is 0.536. The Morgan fingerprint density at radius 3 is 2.67 bits per heavy atom. The second-order valence-electron chi connectivity index (χ2n) is 4.67. The second-order valence-corrected chi connectivity index (χ2v) is 7.39. The molecule has 116 valence electrons. The average molecular weight is 327 g/mol. The molecule has 0 saturated carbocycles. The Hall–Kier alpha value is -1.23. The first-order chi connectivity index (χ1) is 10.0. The molecule has 0 aromatic heterocycles. The molecule has 5 nitrogen and oxygen atoms in total. The zero-order valence-corrected chi connectivity index (χ0v) is 13.8. The molecule has 0 unspecified atom stereocenters. The molecule has 0 amide bonds. The minimum absolute atomic E-state index is 0.0124. The summed E-state index contributed by atoms with van der Waals surface area (Å²) in [7, 11) is -3.65. The fourth-order valence-corrected chi connectivity index (χ4v) is 3.58. The van der Waals surface area contributed by atoms with Gasteiger partial charge in [-0.25, -0.2) is 13.1 Å². The van der Waals surface area contributed by atoms with Crippen LogP contribution in [0.4, 0.5) is 5.69 Å². The summed E-state index contributed by atoms with van der Waals surface area (Å²) in [6.07, 6.45) is 6.13. The van der Waals surface area contributed by atoms with Gasteiger partial charge in [-0.05, 0) is 43.0 Å². The van der Waals surface area contributed by atoms with E-state index in [0.29, 0.717) is 12.2 Å². The molecular weight excluding hydrogens is 306 g/mol. The molecule has 0 heterocycles. The number of nitrogens with two attached hydrogens (primary N) is 1. The van der Waals surface area contributed by atoms with Crippen molar-refractivity contribution in [2.45, 2.75) is 30.6 Å². The predicted molar refractivity (Wildman–Crippen MR) is 87.6 cm³/mol. The van der Waals surface area contributed by atoms with E-state index in [2.05, 4.69) is 11.0 Å². The largest absolute Gasteiger partial charge is 0.399 e. The average Bonchev–Trinajstić information content (AvgIpc) is 2.45. The molecular formula is C14H21N3O2S2. The lowest BCUT2D eigenvalue weighted by Crippen LogP contribution is -2.25. The van der Waals surface area contributed by atoms with Crippen molar-refractivity contribution < 1.29 is 8.42 Å². The molecule has 3 N–H and O–H groups in total. The van der Waals surface area contributed by atoms with Gasteiger partial charge in [-0.3, -0.25) is 0 Å². The number of nitrogen functional groups attached to an aromatic ring is 1. The minimum atomic E-state index is -3.65. The van der Waals surface area contributed by atoms with E-state index < -0.39 is 10.0 Å². The van der Waals surface area contributed by atoms with Crippen LogP contribution in [0.15, 0.2) is 23.1 Å². The molecule has 0 aliphatic rings. The van der Waals surface area contributed by atoms with E-state index in [1.54, 1.807) is 0 Å². The fraction of sp³-hybridized carbons (Fsp3) is 0.500.